The number of rotatable bonds is 7. The van der Waals surface area contributed by atoms with Crippen molar-refractivity contribution < 1.29 is 35.9 Å². The molecular formula is C23H23ClF4N4O4S2. The van der Waals surface area contributed by atoms with Gasteiger partial charge in [0, 0.05) is 38.1 Å². The van der Waals surface area contributed by atoms with E-state index in [1.54, 1.807) is 6.07 Å². The van der Waals surface area contributed by atoms with Crippen LogP contribution in [0.1, 0.15) is 12.0 Å². The maximum atomic E-state index is 15.0. The number of sulfonamides is 1. The lowest BCUT2D eigenvalue weighted by Crippen LogP contribution is -2.34. The lowest BCUT2D eigenvalue weighted by Gasteiger charge is -2.28. The lowest BCUT2D eigenvalue weighted by molar-refractivity contribution is -0.192. The summed E-state index contributed by atoms with van der Waals surface area (Å²) in [5.74, 6) is -3.58. The number of carboxylic acid groups (broad SMARTS) is 1. The topological polar surface area (TPSA) is 103 Å². The van der Waals surface area contributed by atoms with Gasteiger partial charge in [0.1, 0.15) is 9.92 Å². The Hall–Kier alpha value is -2.94. The summed E-state index contributed by atoms with van der Waals surface area (Å²) in [5, 5.41) is 8.45. The Morgan fingerprint density at radius 3 is 2.50 bits per heavy atom. The number of carbonyl (C=O) groups is 1. The van der Waals surface area contributed by atoms with Gasteiger partial charge in [0.2, 0.25) is 0 Å². The van der Waals surface area contributed by atoms with Crippen molar-refractivity contribution in [2.24, 2.45) is 0 Å². The van der Waals surface area contributed by atoms with Gasteiger partial charge in [-0.2, -0.15) is 13.2 Å². The number of likely N-dealkylation sites (tertiary alicyclic amines) is 1. The summed E-state index contributed by atoms with van der Waals surface area (Å²) >= 11 is 7.52. The summed E-state index contributed by atoms with van der Waals surface area (Å²) < 4.78 is 74.1. The zero-order valence-electron chi connectivity index (χ0n) is 19.8. The molecule has 0 radical (unpaired) electrons. The van der Waals surface area contributed by atoms with Crippen molar-refractivity contribution in [1.29, 1.82) is 0 Å². The number of carboxylic acids is 1. The molecule has 0 bridgehead atoms. The van der Waals surface area contributed by atoms with E-state index in [1.807, 2.05) is 30.1 Å². The molecule has 38 heavy (non-hydrogen) atoms. The highest BCUT2D eigenvalue weighted by atomic mass is 35.5. The number of nitrogens with one attached hydrogen (secondary N) is 1. The zero-order valence-corrected chi connectivity index (χ0v) is 22.2. The monoisotopic (exact) mass is 594 g/mol. The quantitative estimate of drug-likeness (QED) is 0.368. The van der Waals surface area contributed by atoms with E-state index in [2.05, 4.69) is 26.7 Å². The van der Waals surface area contributed by atoms with E-state index in [1.165, 1.54) is 33.9 Å². The van der Waals surface area contributed by atoms with Crippen LogP contribution in [0.4, 0.5) is 29.1 Å². The fourth-order valence-electron chi connectivity index (χ4n) is 3.77. The van der Waals surface area contributed by atoms with Gasteiger partial charge in [0.25, 0.3) is 10.0 Å². The maximum absolute atomic E-state index is 15.0. The minimum absolute atomic E-state index is 0.145. The molecular weight excluding hydrogens is 572 g/mol. The Kier molecular flexibility index (Phi) is 9.57. The van der Waals surface area contributed by atoms with E-state index in [9.17, 15) is 26.0 Å². The number of thiazole rings is 1. The predicted molar refractivity (Wildman–Crippen MR) is 137 cm³/mol. The number of benzene rings is 2. The van der Waals surface area contributed by atoms with Crippen molar-refractivity contribution in [3.05, 3.63) is 69.8 Å². The minimum atomic E-state index is -5.08. The molecule has 1 fully saturated rings. The molecule has 8 nitrogen and oxygen atoms in total. The molecule has 2 N–H and O–H groups in total. The van der Waals surface area contributed by atoms with E-state index in [0.717, 1.165) is 26.1 Å². The summed E-state index contributed by atoms with van der Waals surface area (Å²) in [6.07, 6.45) is -4.17. The van der Waals surface area contributed by atoms with Crippen molar-refractivity contribution in [3.8, 4) is 0 Å². The number of aromatic nitrogens is 1. The molecule has 0 aliphatic carbocycles. The number of likely N-dealkylation sites (N-methyl/N-ethyl adjacent to an activating group) is 1. The van der Waals surface area contributed by atoms with E-state index in [4.69, 9.17) is 21.5 Å². The van der Waals surface area contributed by atoms with Gasteiger partial charge >= 0.3 is 12.1 Å². The highest BCUT2D eigenvalue weighted by Crippen LogP contribution is 2.35. The van der Waals surface area contributed by atoms with Gasteiger partial charge < -0.3 is 10.0 Å². The van der Waals surface area contributed by atoms with Crippen LogP contribution >= 0.6 is 22.9 Å². The molecule has 0 amide bonds. The molecule has 0 unspecified atom stereocenters. The average molecular weight is 595 g/mol. The number of anilines is 2. The molecule has 1 saturated heterocycles. The highest BCUT2D eigenvalue weighted by Gasteiger charge is 2.38. The van der Waals surface area contributed by atoms with Gasteiger partial charge in [0.05, 0.1) is 11.2 Å². The molecule has 15 heteroatoms. The summed E-state index contributed by atoms with van der Waals surface area (Å²) in [5.41, 5.74) is 3.21. The molecule has 2 aromatic carbocycles. The first-order valence-electron chi connectivity index (χ1n) is 11.0. The van der Waals surface area contributed by atoms with E-state index in [0.29, 0.717) is 5.69 Å². The first kappa shape index (κ1) is 29.6. The first-order chi connectivity index (χ1) is 17.8. The third-order valence-corrected chi connectivity index (χ3v) is 7.97. The Labute approximate surface area is 225 Å². The number of alkyl halides is 3. The van der Waals surface area contributed by atoms with Crippen LogP contribution in [0, 0.1) is 5.82 Å². The van der Waals surface area contributed by atoms with Gasteiger partial charge in [-0.05, 0) is 24.1 Å². The van der Waals surface area contributed by atoms with Crippen molar-refractivity contribution in [2.75, 3.05) is 29.8 Å². The van der Waals surface area contributed by atoms with E-state index in [-0.39, 0.29) is 16.9 Å². The predicted octanol–water partition coefficient (Wildman–Crippen LogP) is 5.08. The molecule has 1 aliphatic heterocycles. The molecule has 2 heterocycles. The van der Waals surface area contributed by atoms with Crippen molar-refractivity contribution >= 4 is 50.4 Å². The zero-order chi connectivity index (χ0) is 28.1. The number of hydrogen-bond donors (Lipinski definition) is 2. The maximum Gasteiger partial charge on any atom is 0.490 e. The van der Waals surface area contributed by atoms with Crippen molar-refractivity contribution in [3.63, 3.8) is 0 Å². The van der Waals surface area contributed by atoms with Gasteiger partial charge in [-0.1, -0.05) is 41.9 Å². The second kappa shape index (κ2) is 12.3. The number of halogens is 5. The smallest absolute Gasteiger partial charge is 0.475 e. The molecule has 0 saturated carbocycles. The van der Waals surface area contributed by atoms with Crippen LogP contribution in [0.25, 0.3) is 0 Å². The molecule has 0 spiro atoms. The number of aliphatic carboxylic acids is 1. The van der Waals surface area contributed by atoms with Crippen LogP contribution in [-0.4, -0.2) is 61.7 Å². The third-order valence-electron chi connectivity index (χ3n) is 5.65. The molecule has 3 aromatic rings. The van der Waals surface area contributed by atoms with Gasteiger partial charge in [-0.15, -0.1) is 11.3 Å². The SMILES string of the molecule is CN(c1ccc(S(=O)(=O)Nc2cscn2)c(F)c1Cl)[C@H]1CCN(Cc2ccccc2)C1.O=C(O)C(F)(F)F. The largest absolute Gasteiger partial charge is 0.490 e. The number of hydrogen-bond acceptors (Lipinski definition) is 7. The summed E-state index contributed by atoms with van der Waals surface area (Å²) in [7, 11) is -2.27. The Morgan fingerprint density at radius 2 is 1.92 bits per heavy atom. The second-order valence-corrected chi connectivity index (χ2v) is 11.0. The Morgan fingerprint density at radius 1 is 1.26 bits per heavy atom. The lowest BCUT2D eigenvalue weighted by atomic mass is 10.2. The standard InChI is InChI=1S/C21H22ClFN4O2S2.C2HF3O2/c1-26(16-9-10-27(12-16)11-15-5-3-2-4-6-15)17-7-8-18(21(23)20(17)22)31(28,29)25-19-13-30-14-24-19;3-2(4,5)1(6)7/h2-8,13-14,16,25H,9-12H2,1H3;(H,6,7)/t16-;/m0./s1. The number of nitrogens with zero attached hydrogens (tertiary/aromatic N) is 3. The van der Waals surface area contributed by atoms with Crippen LogP contribution in [-0.2, 0) is 21.4 Å². The van der Waals surface area contributed by atoms with Gasteiger partial charge in [-0.25, -0.2) is 22.6 Å². The summed E-state index contributed by atoms with van der Waals surface area (Å²) in [4.78, 5) is 16.5. The van der Waals surface area contributed by atoms with Crippen LogP contribution in [0.2, 0.25) is 5.02 Å². The normalized spacial score (nSPS) is 16.0. The average Bonchev–Trinajstić information content (AvgIpc) is 3.52. The first-order valence-corrected chi connectivity index (χ1v) is 13.8. The summed E-state index contributed by atoms with van der Waals surface area (Å²) in [6, 6.07) is 13.2. The second-order valence-electron chi connectivity index (χ2n) is 8.27. The van der Waals surface area contributed by atoms with E-state index < -0.39 is 32.9 Å². The molecule has 4 rings (SSSR count). The Bertz CT molecular complexity index is 1340. The fourth-order valence-corrected chi connectivity index (χ4v) is 5.76. The Balaban J connectivity index is 0.000000505. The van der Waals surface area contributed by atoms with Crippen LogP contribution in [0.15, 0.2) is 58.3 Å². The van der Waals surface area contributed by atoms with Gasteiger partial charge in [-0.3, -0.25) is 9.62 Å². The molecule has 206 valence electrons. The van der Waals surface area contributed by atoms with Crippen LogP contribution < -0.4 is 9.62 Å². The molecule has 1 atom stereocenters. The van der Waals surface area contributed by atoms with E-state index >= 15 is 0 Å². The van der Waals surface area contributed by atoms with Crippen LogP contribution in [0.5, 0.6) is 0 Å². The minimum Gasteiger partial charge on any atom is -0.475 e. The third kappa shape index (κ3) is 7.56. The van der Waals surface area contributed by atoms with Crippen molar-refractivity contribution in [1.82, 2.24) is 9.88 Å². The van der Waals surface area contributed by atoms with Crippen LogP contribution in [0.3, 0.4) is 0 Å². The van der Waals surface area contributed by atoms with Gasteiger partial charge in [0.15, 0.2) is 11.6 Å². The fraction of sp³-hybridized carbons (Fsp3) is 0.304. The summed E-state index contributed by atoms with van der Waals surface area (Å²) in [6.45, 7) is 2.59. The molecule has 1 aromatic heterocycles. The highest BCUT2D eigenvalue weighted by molar-refractivity contribution is 7.92. The van der Waals surface area contributed by atoms with Crippen molar-refractivity contribution in [2.45, 2.75) is 30.1 Å². The molecule has 1 aliphatic rings.